The standard InChI is InChI=1S/C75H51N3/c1-5-23-55(24-6-1)75(56-25-7-2-8-26-56)70-36-17-15-31-65(70)66-47-45-61(50-71(66)75)76(57-27-9-3-10-28-57)59-42-40-53(41-43-59)63-33-19-35-67-64(63)34-20-38-72(67)77(60-44-39-52-21-13-14-22-54(52)49-60)62-46-48-69-68-32-16-18-37-73(68)78(74(69)51-62)58-29-11-4-12-30-58/h1-51H/i40D,41D,42D,43D. The molecule has 0 saturated heterocycles. The molecule has 3 nitrogen and oxygen atoms in total. The van der Waals surface area contributed by atoms with Gasteiger partial charge in [-0.1, -0.05) is 224 Å². The van der Waals surface area contributed by atoms with Crippen molar-refractivity contribution in [3.63, 3.8) is 0 Å². The first-order valence-corrected chi connectivity index (χ1v) is 26.6. The maximum atomic E-state index is 10.1. The summed E-state index contributed by atoms with van der Waals surface area (Å²) in [7, 11) is 0. The molecule has 15 rings (SSSR count). The molecule has 14 aromatic rings. The summed E-state index contributed by atoms with van der Waals surface area (Å²) in [5.41, 5.74) is 14.5. The van der Waals surface area contributed by atoms with Crippen LogP contribution in [0.2, 0.25) is 0 Å². The minimum atomic E-state index is -0.697. The maximum absolute atomic E-state index is 10.1. The number of para-hydroxylation sites is 3. The van der Waals surface area contributed by atoms with E-state index in [1.165, 1.54) is 10.9 Å². The van der Waals surface area contributed by atoms with Gasteiger partial charge < -0.3 is 14.4 Å². The molecule has 366 valence electrons. The molecule has 0 amide bonds. The van der Waals surface area contributed by atoms with E-state index < -0.39 is 5.41 Å². The van der Waals surface area contributed by atoms with Crippen molar-refractivity contribution in [1.82, 2.24) is 4.57 Å². The summed E-state index contributed by atoms with van der Waals surface area (Å²) in [6, 6.07) is 98.5. The minimum absolute atomic E-state index is 0.128. The smallest absolute Gasteiger partial charge is 0.0714 e. The second-order valence-electron chi connectivity index (χ2n) is 20.1. The number of benzene rings is 13. The Balaban J connectivity index is 0.915. The molecule has 0 spiro atoms. The summed E-state index contributed by atoms with van der Waals surface area (Å²) in [4.78, 5) is 4.21. The first-order chi connectivity index (χ1) is 40.4. The zero-order valence-corrected chi connectivity index (χ0v) is 42.5. The first-order valence-electron chi connectivity index (χ1n) is 28.6. The van der Waals surface area contributed by atoms with Crippen LogP contribution in [0, 0.1) is 0 Å². The van der Waals surface area contributed by atoms with E-state index in [4.69, 9.17) is 0 Å². The van der Waals surface area contributed by atoms with Crippen molar-refractivity contribution in [2.75, 3.05) is 9.80 Å². The minimum Gasteiger partial charge on any atom is -0.310 e. The summed E-state index contributed by atoms with van der Waals surface area (Å²) in [6.45, 7) is 0. The van der Waals surface area contributed by atoms with Crippen LogP contribution in [-0.2, 0) is 5.41 Å². The molecule has 0 bridgehead atoms. The zero-order chi connectivity index (χ0) is 55.1. The highest BCUT2D eigenvalue weighted by atomic mass is 15.2. The molecule has 0 atom stereocenters. The highest BCUT2D eigenvalue weighted by Crippen LogP contribution is 2.57. The van der Waals surface area contributed by atoms with Crippen molar-refractivity contribution in [3.05, 3.63) is 332 Å². The Morgan fingerprint density at radius 1 is 0.308 bits per heavy atom. The van der Waals surface area contributed by atoms with Crippen LogP contribution in [0.25, 0.3) is 71.3 Å². The Kier molecular flexibility index (Phi) is 9.77. The lowest BCUT2D eigenvalue weighted by Gasteiger charge is -2.35. The monoisotopic (exact) mass is 997 g/mol. The number of anilines is 6. The zero-order valence-electron chi connectivity index (χ0n) is 46.5. The molecule has 0 radical (unpaired) electrons. The molecular formula is C75H51N3. The number of hydrogen-bond donors (Lipinski definition) is 0. The van der Waals surface area contributed by atoms with Crippen LogP contribution in [-0.4, -0.2) is 4.57 Å². The molecule has 13 aromatic carbocycles. The lowest BCUT2D eigenvalue weighted by atomic mass is 9.67. The van der Waals surface area contributed by atoms with Crippen LogP contribution < -0.4 is 9.80 Å². The van der Waals surface area contributed by atoms with Gasteiger partial charge in [0.05, 0.1) is 27.6 Å². The van der Waals surface area contributed by atoms with E-state index in [0.717, 1.165) is 88.5 Å². The fourth-order valence-electron chi connectivity index (χ4n) is 12.5. The Labute approximate surface area is 460 Å². The van der Waals surface area contributed by atoms with E-state index in [0.29, 0.717) is 16.9 Å². The molecule has 0 unspecified atom stereocenters. The molecule has 1 aromatic heterocycles. The van der Waals surface area contributed by atoms with Gasteiger partial charge in [-0.25, -0.2) is 0 Å². The van der Waals surface area contributed by atoms with E-state index in [9.17, 15) is 5.48 Å². The van der Waals surface area contributed by atoms with Gasteiger partial charge in [-0.05, 0) is 146 Å². The maximum Gasteiger partial charge on any atom is 0.0714 e. The lowest BCUT2D eigenvalue weighted by molar-refractivity contribution is 0.768. The number of aromatic nitrogens is 1. The highest BCUT2D eigenvalue weighted by Gasteiger charge is 2.46. The van der Waals surface area contributed by atoms with E-state index in [2.05, 4.69) is 234 Å². The predicted molar refractivity (Wildman–Crippen MR) is 328 cm³/mol. The molecule has 0 saturated carbocycles. The third-order valence-corrected chi connectivity index (χ3v) is 15.9. The van der Waals surface area contributed by atoms with Gasteiger partial charge >= 0.3 is 0 Å². The van der Waals surface area contributed by atoms with E-state index in [1.54, 1.807) is 0 Å². The average molecular weight is 998 g/mol. The Bertz CT molecular complexity index is 4740. The van der Waals surface area contributed by atoms with Gasteiger partial charge in [-0.3, -0.25) is 0 Å². The van der Waals surface area contributed by atoms with Crippen LogP contribution in [0.1, 0.15) is 27.7 Å². The molecular weight excluding hydrogens is 943 g/mol. The molecule has 1 aliphatic carbocycles. The molecule has 3 heteroatoms. The predicted octanol–water partition coefficient (Wildman–Crippen LogP) is 20.1. The highest BCUT2D eigenvalue weighted by molar-refractivity contribution is 6.12. The number of nitrogens with zero attached hydrogens (tertiary/aromatic N) is 3. The van der Waals surface area contributed by atoms with E-state index >= 15 is 0 Å². The van der Waals surface area contributed by atoms with Crippen LogP contribution >= 0.6 is 0 Å². The number of rotatable bonds is 10. The van der Waals surface area contributed by atoms with Crippen molar-refractivity contribution in [1.29, 1.82) is 0 Å². The van der Waals surface area contributed by atoms with Gasteiger partial charge in [0.25, 0.3) is 0 Å². The molecule has 1 heterocycles. The van der Waals surface area contributed by atoms with Crippen LogP contribution in [0.3, 0.4) is 0 Å². The molecule has 78 heavy (non-hydrogen) atoms. The molecule has 0 fully saturated rings. The van der Waals surface area contributed by atoms with Crippen LogP contribution in [0.5, 0.6) is 0 Å². The third kappa shape index (κ3) is 7.20. The Hall–Kier alpha value is -10.2. The second kappa shape index (κ2) is 18.6. The van der Waals surface area contributed by atoms with Gasteiger partial charge in [-0.2, -0.15) is 0 Å². The summed E-state index contributed by atoms with van der Waals surface area (Å²) in [6.07, 6.45) is 0. The van der Waals surface area contributed by atoms with Crippen LogP contribution in [0.15, 0.2) is 309 Å². The molecule has 1 aliphatic rings. The van der Waals surface area contributed by atoms with E-state index in [1.807, 2.05) is 65.6 Å². The largest absolute Gasteiger partial charge is 0.310 e. The van der Waals surface area contributed by atoms with Crippen molar-refractivity contribution >= 4 is 77.5 Å². The normalized spacial score (nSPS) is 13.2. The number of fused-ring (bicyclic) bond motifs is 8. The second-order valence-corrected chi connectivity index (χ2v) is 20.1. The quantitative estimate of drug-likeness (QED) is 0.135. The summed E-state index contributed by atoms with van der Waals surface area (Å²) < 4.78 is 42.7. The third-order valence-electron chi connectivity index (χ3n) is 15.9. The van der Waals surface area contributed by atoms with Crippen molar-refractivity contribution in [3.8, 4) is 27.9 Å². The summed E-state index contributed by atoms with van der Waals surface area (Å²) >= 11 is 0. The van der Waals surface area contributed by atoms with Gasteiger partial charge in [0.2, 0.25) is 0 Å². The lowest BCUT2D eigenvalue weighted by Crippen LogP contribution is -2.28. The van der Waals surface area contributed by atoms with Gasteiger partial charge in [-0.15, -0.1) is 0 Å². The van der Waals surface area contributed by atoms with Gasteiger partial charge in [0.15, 0.2) is 0 Å². The fourth-order valence-corrected chi connectivity index (χ4v) is 12.5. The topological polar surface area (TPSA) is 11.4 Å². The Morgan fingerprint density at radius 3 is 1.64 bits per heavy atom. The fraction of sp³-hybridized carbons (Fsp3) is 0.0133. The summed E-state index contributed by atoms with van der Waals surface area (Å²) in [5.74, 6) is 0. The Morgan fingerprint density at radius 2 is 0.859 bits per heavy atom. The van der Waals surface area contributed by atoms with Crippen molar-refractivity contribution in [2.24, 2.45) is 0 Å². The van der Waals surface area contributed by atoms with Gasteiger partial charge in [0.1, 0.15) is 0 Å². The SMILES string of the molecule is [2H]c1c([2H])c(N(c2ccccc2)c2ccc3c(c2)C(c2ccccc2)(c2ccccc2)c2ccccc2-3)c([2H])c([2H])c1-c1cccc2c(N(c3ccc4ccccc4c3)c3ccc4c5ccccc5n(-c5ccccc5)c4c3)cccc12. The molecule has 0 N–H and O–H groups in total. The summed E-state index contributed by atoms with van der Waals surface area (Å²) in [5, 5.41) is 6.25. The van der Waals surface area contributed by atoms with Gasteiger partial charge in [0, 0.05) is 50.3 Å². The van der Waals surface area contributed by atoms with Crippen molar-refractivity contribution in [2.45, 2.75) is 5.41 Å². The van der Waals surface area contributed by atoms with E-state index in [-0.39, 0.29) is 35.4 Å². The molecule has 0 aliphatic heterocycles. The average Bonchev–Trinajstić information content (AvgIpc) is 2.86. The first kappa shape index (κ1) is 41.1. The number of hydrogen-bond acceptors (Lipinski definition) is 2. The van der Waals surface area contributed by atoms with Crippen molar-refractivity contribution < 1.29 is 5.48 Å². The van der Waals surface area contributed by atoms with Crippen LogP contribution in [0.4, 0.5) is 34.1 Å².